The van der Waals surface area contributed by atoms with Crippen molar-refractivity contribution in [3.05, 3.63) is 46.8 Å². The van der Waals surface area contributed by atoms with Crippen LogP contribution in [0.3, 0.4) is 0 Å². The van der Waals surface area contributed by atoms with Gasteiger partial charge in [0.05, 0.1) is 18.3 Å². The molecule has 0 aromatic heterocycles. The molecule has 1 rings (SSSR count). The second kappa shape index (κ2) is 19.7. The Hall–Kier alpha value is -1.32. The monoisotopic (exact) mass is 530 g/mol. The van der Waals surface area contributed by atoms with Crippen LogP contribution in [0.15, 0.2) is 46.8 Å². The van der Waals surface area contributed by atoms with Crippen molar-refractivity contribution in [2.45, 2.75) is 156 Å². The lowest BCUT2D eigenvalue weighted by Gasteiger charge is -2.29. The van der Waals surface area contributed by atoms with Gasteiger partial charge < -0.3 is 14.9 Å². The molecule has 0 amide bonds. The summed E-state index contributed by atoms with van der Waals surface area (Å²) in [5, 5.41) is 21.5. The number of ether oxygens (including phenoxy) is 1. The van der Waals surface area contributed by atoms with Gasteiger partial charge in [-0.05, 0) is 102 Å². The molecule has 0 fully saturated rings. The molecular formula is C35H62O3. The van der Waals surface area contributed by atoms with Gasteiger partial charge in [0.2, 0.25) is 0 Å². The zero-order valence-electron chi connectivity index (χ0n) is 26.2. The van der Waals surface area contributed by atoms with E-state index in [0.29, 0.717) is 5.92 Å². The summed E-state index contributed by atoms with van der Waals surface area (Å²) in [5.74, 6) is 1.74. The van der Waals surface area contributed by atoms with E-state index in [4.69, 9.17) is 4.74 Å². The van der Waals surface area contributed by atoms with Crippen molar-refractivity contribution in [1.82, 2.24) is 0 Å². The average molecular weight is 531 g/mol. The first kappa shape index (κ1) is 34.7. The Morgan fingerprint density at radius 1 is 1.08 bits per heavy atom. The molecule has 0 aliphatic heterocycles. The van der Waals surface area contributed by atoms with Gasteiger partial charge in [-0.3, -0.25) is 0 Å². The first-order valence-corrected chi connectivity index (χ1v) is 15.8. The molecule has 1 aliphatic carbocycles. The highest BCUT2D eigenvalue weighted by Crippen LogP contribution is 2.34. The molecule has 0 radical (unpaired) electrons. The summed E-state index contributed by atoms with van der Waals surface area (Å²) in [5.41, 5.74) is 3.23. The molecule has 3 heteroatoms. The van der Waals surface area contributed by atoms with E-state index in [9.17, 15) is 10.2 Å². The fraction of sp³-hybridized carbons (Fsp3) is 0.771. The fourth-order valence-electron chi connectivity index (χ4n) is 5.36. The van der Waals surface area contributed by atoms with E-state index in [1.807, 2.05) is 13.0 Å². The Morgan fingerprint density at radius 3 is 2.47 bits per heavy atom. The molecular weight excluding hydrogens is 468 g/mol. The molecule has 4 unspecified atom stereocenters. The summed E-state index contributed by atoms with van der Waals surface area (Å²) in [6.45, 7) is 15.8. The van der Waals surface area contributed by atoms with E-state index in [1.54, 1.807) is 0 Å². The van der Waals surface area contributed by atoms with Crippen LogP contribution in [0.25, 0.3) is 0 Å². The number of hydrogen-bond acceptors (Lipinski definition) is 3. The zero-order valence-corrected chi connectivity index (χ0v) is 26.2. The quantitative estimate of drug-likeness (QED) is 0.115. The van der Waals surface area contributed by atoms with Gasteiger partial charge in [0.25, 0.3) is 0 Å². The third-order valence-corrected chi connectivity index (χ3v) is 8.40. The summed E-state index contributed by atoms with van der Waals surface area (Å²) >= 11 is 0. The molecule has 0 bridgehead atoms. The number of aliphatic hydroxyl groups is 2. The molecule has 0 saturated carbocycles. The molecule has 38 heavy (non-hydrogen) atoms. The van der Waals surface area contributed by atoms with Gasteiger partial charge in [-0.25, -0.2) is 0 Å². The van der Waals surface area contributed by atoms with Crippen molar-refractivity contribution in [1.29, 1.82) is 0 Å². The van der Waals surface area contributed by atoms with Gasteiger partial charge in [-0.15, -0.1) is 0 Å². The van der Waals surface area contributed by atoms with Crippen LogP contribution in [0.1, 0.15) is 145 Å². The lowest BCUT2D eigenvalue weighted by atomic mass is 9.84. The number of allylic oxidation sites excluding steroid dienone is 5. The summed E-state index contributed by atoms with van der Waals surface area (Å²) in [6, 6.07) is 0. The highest BCUT2D eigenvalue weighted by Gasteiger charge is 2.26. The fourth-order valence-corrected chi connectivity index (χ4v) is 5.36. The summed E-state index contributed by atoms with van der Waals surface area (Å²) in [4.78, 5) is 0. The first-order valence-electron chi connectivity index (χ1n) is 15.8. The van der Waals surface area contributed by atoms with Crippen LogP contribution in [0.2, 0.25) is 0 Å². The van der Waals surface area contributed by atoms with Crippen LogP contribution in [-0.4, -0.2) is 28.5 Å². The van der Waals surface area contributed by atoms with E-state index < -0.39 is 11.7 Å². The van der Waals surface area contributed by atoms with Crippen molar-refractivity contribution in [2.24, 2.45) is 11.8 Å². The van der Waals surface area contributed by atoms with Crippen molar-refractivity contribution >= 4 is 0 Å². The number of rotatable bonds is 21. The van der Waals surface area contributed by atoms with Gasteiger partial charge in [-0.1, -0.05) is 89.5 Å². The smallest absolute Gasteiger partial charge is 0.121 e. The number of aliphatic hydroxyl groups excluding tert-OH is 1. The van der Waals surface area contributed by atoms with Crippen molar-refractivity contribution in [2.75, 3.05) is 6.61 Å². The normalized spacial score (nSPS) is 21.1. The maximum absolute atomic E-state index is 10.9. The third-order valence-electron chi connectivity index (χ3n) is 8.40. The Balaban J connectivity index is 2.43. The predicted molar refractivity (Wildman–Crippen MR) is 165 cm³/mol. The third kappa shape index (κ3) is 14.7. The van der Waals surface area contributed by atoms with Crippen molar-refractivity contribution < 1.29 is 14.9 Å². The lowest BCUT2D eigenvalue weighted by Crippen LogP contribution is -2.24. The average Bonchev–Trinajstić information content (AvgIpc) is 2.86. The molecule has 2 N–H and O–H groups in total. The van der Waals surface area contributed by atoms with Crippen LogP contribution < -0.4 is 0 Å². The minimum absolute atomic E-state index is 0.116. The van der Waals surface area contributed by atoms with E-state index in [1.165, 1.54) is 48.8 Å². The Kier molecular flexibility index (Phi) is 18.0. The first-order chi connectivity index (χ1) is 18.1. The molecule has 220 valence electrons. The Bertz CT molecular complexity index is 755. The topological polar surface area (TPSA) is 49.7 Å². The van der Waals surface area contributed by atoms with Gasteiger partial charge >= 0.3 is 0 Å². The molecule has 3 nitrogen and oxygen atoms in total. The van der Waals surface area contributed by atoms with E-state index >= 15 is 0 Å². The number of unbranched alkanes of at least 4 members (excludes halogenated alkanes) is 5. The SMILES string of the molecule is CC=CCC=C(C)CCCC(C)(O)CCCC(C)CCC1=CC(O)C(C)C(C)=C1OCCCCCCCC. The molecule has 4 atom stereocenters. The lowest BCUT2D eigenvalue weighted by molar-refractivity contribution is 0.0365. The van der Waals surface area contributed by atoms with Crippen molar-refractivity contribution in [3.63, 3.8) is 0 Å². The molecule has 0 heterocycles. The van der Waals surface area contributed by atoms with E-state index in [2.05, 4.69) is 59.8 Å². The molecule has 0 aromatic carbocycles. The minimum atomic E-state index is -0.577. The van der Waals surface area contributed by atoms with Gasteiger partial charge in [0.1, 0.15) is 5.76 Å². The van der Waals surface area contributed by atoms with Gasteiger partial charge in [0.15, 0.2) is 0 Å². The molecule has 1 aliphatic rings. The van der Waals surface area contributed by atoms with Gasteiger partial charge in [-0.2, -0.15) is 0 Å². The van der Waals surface area contributed by atoms with Crippen LogP contribution in [0, 0.1) is 11.8 Å². The summed E-state index contributed by atoms with van der Waals surface area (Å²) < 4.78 is 6.33. The van der Waals surface area contributed by atoms with Gasteiger partial charge in [0, 0.05) is 5.92 Å². The summed E-state index contributed by atoms with van der Waals surface area (Å²) in [6.07, 6.45) is 24.8. The van der Waals surface area contributed by atoms with Crippen molar-refractivity contribution in [3.8, 4) is 0 Å². The van der Waals surface area contributed by atoms with E-state index in [-0.39, 0.29) is 5.92 Å². The molecule has 0 saturated heterocycles. The van der Waals surface area contributed by atoms with Crippen LogP contribution >= 0.6 is 0 Å². The van der Waals surface area contributed by atoms with Crippen LogP contribution in [0.4, 0.5) is 0 Å². The van der Waals surface area contributed by atoms with Crippen LogP contribution in [0.5, 0.6) is 0 Å². The zero-order chi connectivity index (χ0) is 28.4. The largest absolute Gasteiger partial charge is 0.493 e. The minimum Gasteiger partial charge on any atom is -0.493 e. The maximum atomic E-state index is 10.9. The Morgan fingerprint density at radius 2 is 1.76 bits per heavy atom. The maximum Gasteiger partial charge on any atom is 0.121 e. The molecule has 0 spiro atoms. The molecule has 0 aromatic rings. The highest BCUT2D eigenvalue weighted by molar-refractivity contribution is 5.37. The second-order valence-corrected chi connectivity index (χ2v) is 12.3. The second-order valence-electron chi connectivity index (χ2n) is 12.3. The highest BCUT2D eigenvalue weighted by atomic mass is 16.5. The van der Waals surface area contributed by atoms with E-state index in [0.717, 1.165) is 76.6 Å². The predicted octanol–water partition coefficient (Wildman–Crippen LogP) is 9.99. The Labute approximate surface area is 236 Å². The standard InChI is InChI=1S/C35H62O3/c1-8-10-12-13-14-16-26-38-34-31(6)30(5)33(36)27-32(34)23-22-29(4)21-18-25-35(7,37)24-17-20-28(3)19-15-11-9-2/h9,11,19,27,29-30,33,36-37H,8,10,12-18,20-26H2,1-7H3. The van der Waals surface area contributed by atoms with Crippen LogP contribution in [-0.2, 0) is 4.74 Å². The summed E-state index contributed by atoms with van der Waals surface area (Å²) in [7, 11) is 0. The number of hydrogen-bond donors (Lipinski definition) is 2.